The van der Waals surface area contributed by atoms with Crippen molar-refractivity contribution in [1.29, 1.82) is 0 Å². The number of hydrogen-bond donors (Lipinski definition) is 1. The number of aromatic nitrogens is 1. The number of thiazole rings is 1. The van der Waals surface area contributed by atoms with Gasteiger partial charge < -0.3 is 14.6 Å². The van der Waals surface area contributed by atoms with Gasteiger partial charge in [-0.2, -0.15) is 0 Å². The van der Waals surface area contributed by atoms with Gasteiger partial charge in [-0.05, 0) is 67.1 Å². The van der Waals surface area contributed by atoms with Crippen LogP contribution in [0.4, 0.5) is 13.9 Å². The number of nitrogens with zero attached hydrogens (tertiary/aromatic N) is 2. The van der Waals surface area contributed by atoms with Crippen LogP contribution in [0, 0.1) is 11.6 Å². The summed E-state index contributed by atoms with van der Waals surface area (Å²) >= 11 is 1.04. The van der Waals surface area contributed by atoms with E-state index < -0.39 is 35.1 Å². The van der Waals surface area contributed by atoms with Crippen LogP contribution in [0.2, 0.25) is 0 Å². The third kappa shape index (κ3) is 4.29. The van der Waals surface area contributed by atoms with E-state index in [2.05, 4.69) is 4.98 Å². The summed E-state index contributed by atoms with van der Waals surface area (Å²) in [6.07, 6.45) is 0. The van der Waals surface area contributed by atoms with Crippen molar-refractivity contribution < 1.29 is 33.0 Å². The van der Waals surface area contributed by atoms with E-state index in [1.54, 1.807) is 18.2 Å². The number of amides is 1. The molecule has 1 atom stereocenters. The Labute approximate surface area is 214 Å². The number of fused-ring (bicyclic) bond motifs is 1. The minimum absolute atomic E-state index is 0.152. The number of aliphatic hydroxyl groups is 1. The Morgan fingerprint density at radius 3 is 2.46 bits per heavy atom. The number of carbonyl (C=O) groups is 2. The lowest BCUT2D eigenvalue weighted by Crippen LogP contribution is -2.29. The molecule has 0 aliphatic carbocycles. The van der Waals surface area contributed by atoms with Crippen LogP contribution in [0.1, 0.15) is 24.1 Å². The normalized spacial score (nSPS) is 17.0. The Morgan fingerprint density at radius 2 is 1.76 bits per heavy atom. The molecule has 0 radical (unpaired) electrons. The highest BCUT2D eigenvalue weighted by Gasteiger charge is 2.48. The molecule has 1 unspecified atom stereocenters. The highest BCUT2D eigenvalue weighted by atomic mass is 32.1. The van der Waals surface area contributed by atoms with Crippen LogP contribution in [-0.4, -0.2) is 35.5 Å². The summed E-state index contributed by atoms with van der Waals surface area (Å²) in [5.41, 5.74) is 0.848. The van der Waals surface area contributed by atoms with Crippen LogP contribution >= 0.6 is 11.3 Å². The molecule has 2 heterocycles. The summed E-state index contributed by atoms with van der Waals surface area (Å²) in [5.74, 6) is -2.49. The predicted octanol–water partition coefficient (Wildman–Crippen LogP) is 5.61. The maximum Gasteiger partial charge on any atom is 0.301 e. The molecular weight excluding hydrogens is 502 g/mol. The minimum Gasteiger partial charge on any atom is -0.507 e. The van der Waals surface area contributed by atoms with E-state index in [-0.39, 0.29) is 16.3 Å². The molecule has 1 saturated heterocycles. The first-order chi connectivity index (χ1) is 17.8. The molecule has 37 heavy (non-hydrogen) atoms. The summed E-state index contributed by atoms with van der Waals surface area (Å²) in [7, 11) is 1.46. The molecule has 0 spiro atoms. The molecule has 1 N–H and O–H groups in total. The first-order valence-corrected chi connectivity index (χ1v) is 12.1. The fraction of sp³-hybridized carbons (Fsp3) is 0.148. The van der Waals surface area contributed by atoms with E-state index in [0.29, 0.717) is 33.9 Å². The smallest absolute Gasteiger partial charge is 0.301 e. The van der Waals surface area contributed by atoms with Gasteiger partial charge in [0.25, 0.3) is 5.78 Å². The molecule has 5 rings (SSSR count). The Hall–Kier alpha value is -4.31. The van der Waals surface area contributed by atoms with Crippen molar-refractivity contribution in [3.63, 3.8) is 0 Å². The van der Waals surface area contributed by atoms with Gasteiger partial charge in [-0.3, -0.25) is 14.5 Å². The molecule has 0 bridgehead atoms. The Bertz CT molecular complexity index is 1570. The van der Waals surface area contributed by atoms with Gasteiger partial charge in [-0.1, -0.05) is 17.4 Å². The molecule has 7 nitrogen and oxygen atoms in total. The Morgan fingerprint density at radius 1 is 1.03 bits per heavy atom. The second kappa shape index (κ2) is 9.62. The summed E-state index contributed by atoms with van der Waals surface area (Å²) in [6, 6.07) is 12.7. The first-order valence-electron chi connectivity index (χ1n) is 11.3. The van der Waals surface area contributed by atoms with Gasteiger partial charge >= 0.3 is 5.91 Å². The van der Waals surface area contributed by atoms with Crippen LogP contribution in [0.15, 0.2) is 66.2 Å². The van der Waals surface area contributed by atoms with E-state index in [9.17, 15) is 23.5 Å². The van der Waals surface area contributed by atoms with Crippen molar-refractivity contribution >= 4 is 44.1 Å². The maximum absolute atomic E-state index is 13.8. The van der Waals surface area contributed by atoms with E-state index in [0.717, 1.165) is 23.5 Å². The number of anilines is 1. The number of hydrogen-bond acceptors (Lipinski definition) is 7. The Kier molecular flexibility index (Phi) is 6.34. The maximum atomic E-state index is 13.8. The molecule has 10 heteroatoms. The number of benzene rings is 3. The second-order valence-electron chi connectivity index (χ2n) is 8.13. The number of methoxy groups -OCH3 is 1. The summed E-state index contributed by atoms with van der Waals surface area (Å²) < 4.78 is 38.9. The third-order valence-electron chi connectivity index (χ3n) is 5.91. The van der Waals surface area contributed by atoms with E-state index in [1.807, 2.05) is 6.92 Å². The van der Waals surface area contributed by atoms with Gasteiger partial charge in [0.1, 0.15) is 17.4 Å². The van der Waals surface area contributed by atoms with Crippen molar-refractivity contribution in [2.24, 2.45) is 0 Å². The van der Waals surface area contributed by atoms with Crippen LogP contribution in [0.5, 0.6) is 11.5 Å². The van der Waals surface area contributed by atoms with Crippen LogP contribution in [-0.2, 0) is 9.59 Å². The zero-order chi connectivity index (χ0) is 26.3. The Balaban J connectivity index is 1.73. The van der Waals surface area contributed by atoms with Crippen molar-refractivity contribution in [3.8, 4) is 11.5 Å². The number of aliphatic hydroxyl groups excluding tert-OH is 1. The lowest BCUT2D eigenvalue weighted by atomic mass is 9.95. The summed E-state index contributed by atoms with van der Waals surface area (Å²) in [6.45, 7) is 2.21. The molecule has 1 aliphatic heterocycles. The molecule has 0 saturated carbocycles. The highest BCUT2D eigenvalue weighted by Crippen LogP contribution is 2.45. The first kappa shape index (κ1) is 24.4. The molecule has 1 aliphatic rings. The van der Waals surface area contributed by atoms with Crippen LogP contribution in [0.3, 0.4) is 0 Å². The van der Waals surface area contributed by atoms with Gasteiger partial charge in [0, 0.05) is 5.56 Å². The predicted molar refractivity (Wildman–Crippen MR) is 135 cm³/mol. The van der Waals surface area contributed by atoms with E-state index >= 15 is 0 Å². The van der Waals surface area contributed by atoms with Gasteiger partial charge in [-0.25, -0.2) is 13.8 Å². The summed E-state index contributed by atoms with van der Waals surface area (Å²) in [5, 5.41) is 11.3. The molecule has 1 fully saturated rings. The number of Topliss-reactive ketones (excluding diaryl/α,β-unsaturated/α-hetero) is 1. The molecule has 4 aromatic rings. The third-order valence-corrected chi connectivity index (χ3v) is 6.93. The molecule has 3 aromatic carbocycles. The highest BCUT2D eigenvalue weighted by molar-refractivity contribution is 7.22. The quantitative estimate of drug-likeness (QED) is 0.201. The number of carbonyl (C=O) groups excluding carboxylic acids is 2. The lowest BCUT2D eigenvalue weighted by Gasteiger charge is -2.24. The van der Waals surface area contributed by atoms with Gasteiger partial charge in [0.15, 0.2) is 16.6 Å². The zero-order valence-corrected chi connectivity index (χ0v) is 20.5. The fourth-order valence-electron chi connectivity index (χ4n) is 4.23. The van der Waals surface area contributed by atoms with Gasteiger partial charge in [0.05, 0.1) is 35.5 Å². The van der Waals surface area contributed by atoms with Crippen molar-refractivity contribution in [3.05, 3.63) is 89.0 Å². The van der Waals surface area contributed by atoms with Crippen LogP contribution < -0.4 is 14.4 Å². The number of halogens is 2. The van der Waals surface area contributed by atoms with Crippen molar-refractivity contribution in [2.45, 2.75) is 13.0 Å². The standard InChI is InChI=1S/C27H20F2N2O5S/c1-3-36-19-11-6-15(12-20(19)35-2)23-22(24(32)14-4-7-16(28)8-5-14)25(33)26(34)31(23)27-30-18-10-9-17(29)13-21(18)37-27/h4-13,23,32H,3H2,1-2H3/b24-22+. The van der Waals surface area contributed by atoms with Crippen molar-refractivity contribution in [1.82, 2.24) is 4.98 Å². The van der Waals surface area contributed by atoms with E-state index in [1.165, 1.54) is 42.3 Å². The zero-order valence-electron chi connectivity index (χ0n) is 19.7. The molecule has 188 valence electrons. The topological polar surface area (TPSA) is 89.0 Å². The average molecular weight is 523 g/mol. The lowest BCUT2D eigenvalue weighted by molar-refractivity contribution is -0.132. The molecule has 1 amide bonds. The van der Waals surface area contributed by atoms with E-state index in [4.69, 9.17) is 9.47 Å². The molecular formula is C27H20F2N2O5S. The number of rotatable bonds is 6. The minimum atomic E-state index is -1.10. The van der Waals surface area contributed by atoms with Crippen molar-refractivity contribution in [2.75, 3.05) is 18.6 Å². The number of ketones is 1. The molecule has 1 aromatic heterocycles. The SMILES string of the molecule is CCOc1ccc(C2/C(=C(\O)c3ccc(F)cc3)C(=O)C(=O)N2c2nc3ccc(F)cc3s2)cc1OC. The van der Waals surface area contributed by atoms with Gasteiger partial charge in [0.2, 0.25) is 0 Å². The summed E-state index contributed by atoms with van der Waals surface area (Å²) in [4.78, 5) is 32.3. The number of ether oxygens (including phenoxy) is 2. The second-order valence-corrected chi connectivity index (χ2v) is 9.14. The average Bonchev–Trinajstić information content (AvgIpc) is 3.42. The van der Waals surface area contributed by atoms with Gasteiger partial charge in [-0.15, -0.1) is 0 Å². The monoisotopic (exact) mass is 522 g/mol. The fourth-order valence-corrected chi connectivity index (χ4v) is 5.24. The largest absolute Gasteiger partial charge is 0.507 e. The van der Waals surface area contributed by atoms with Crippen LogP contribution in [0.25, 0.3) is 16.0 Å².